The van der Waals surface area contributed by atoms with Crippen molar-refractivity contribution in [1.29, 1.82) is 0 Å². The summed E-state index contributed by atoms with van der Waals surface area (Å²) in [6.07, 6.45) is 1.78. The van der Waals surface area contributed by atoms with Crippen LogP contribution in [0.1, 0.15) is 53.3 Å². The third kappa shape index (κ3) is 3.69. The Morgan fingerprint density at radius 2 is 1.15 bits per heavy atom. The van der Waals surface area contributed by atoms with Crippen molar-refractivity contribution in [3.63, 3.8) is 0 Å². The third-order valence-corrected chi connectivity index (χ3v) is 16.3. The molecule has 0 bridgehead atoms. The molecule has 0 spiro atoms. The van der Waals surface area contributed by atoms with Crippen LogP contribution in [0.5, 0.6) is 0 Å². The summed E-state index contributed by atoms with van der Waals surface area (Å²) in [6.45, 7) is 9.56. The first-order chi connectivity index (χ1) is 19.8. The number of allylic oxidation sites excluding steroid dienone is 1. The van der Waals surface area contributed by atoms with Gasteiger partial charge in [0, 0.05) is 27.4 Å². The van der Waals surface area contributed by atoms with Gasteiger partial charge in [-0.3, -0.25) is 9.59 Å². The molecule has 202 valence electrons. The van der Waals surface area contributed by atoms with E-state index in [4.69, 9.17) is 0 Å². The van der Waals surface area contributed by atoms with Crippen LogP contribution in [0.15, 0.2) is 103 Å². The molecule has 0 atom stereocenters. The van der Waals surface area contributed by atoms with E-state index in [2.05, 4.69) is 87.2 Å². The van der Waals surface area contributed by atoms with Gasteiger partial charge in [0.05, 0.1) is 5.57 Å². The first-order valence-electron chi connectivity index (χ1n) is 14.2. The van der Waals surface area contributed by atoms with E-state index < -0.39 is 8.07 Å². The molecule has 0 radical (unpaired) electrons. The summed E-state index contributed by atoms with van der Waals surface area (Å²) in [5.74, 6) is -0.381. The fourth-order valence-corrected chi connectivity index (χ4v) is 14.4. The minimum absolute atomic E-state index is 0.191. The number of rotatable bonds is 4. The number of ketones is 2. The zero-order valence-corrected chi connectivity index (χ0v) is 25.5. The Labute approximate surface area is 245 Å². The van der Waals surface area contributed by atoms with E-state index in [-0.39, 0.29) is 17.1 Å². The van der Waals surface area contributed by atoms with Crippen molar-refractivity contribution in [1.82, 2.24) is 0 Å². The van der Waals surface area contributed by atoms with Crippen molar-refractivity contribution in [2.45, 2.75) is 38.8 Å². The molecule has 0 amide bonds. The Morgan fingerprint density at radius 1 is 0.659 bits per heavy atom. The van der Waals surface area contributed by atoms with Crippen LogP contribution < -0.4 is 15.3 Å². The summed E-state index contributed by atoms with van der Waals surface area (Å²) in [4.78, 5) is 30.1. The second kappa shape index (κ2) is 9.50. The fraction of sp³-hybridized carbons (Fsp3) is 0.167. The van der Waals surface area contributed by atoms with Crippen molar-refractivity contribution in [3.8, 4) is 0 Å². The highest BCUT2D eigenvalue weighted by Crippen LogP contribution is 2.46. The van der Waals surface area contributed by atoms with Crippen LogP contribution in [0.3, 0.4) is 0 Å². The minimum atomic E-state index is -2.09. The molecular weight excluding hydrogens is 539 g/mol. The number of thiophene rings is 1. The Kier molecular flexibility index (Phi) is 6.00. The molecule has 0 N–H and O–H groups in total. The van der Waals surface area contributed by atoms with Crippen LogP contribution in [0.2, 0.25) is 11.1 Å². The lowest BCUT2D eigenvalue weighted by Crippen LogP contribution is -2.66. The van der Waals surface area contributed by atoms with E-state index in [1.165, 1.54) is 21.7 Å². The fourth-order valence-electron chi connectivity index (χ4n) is 7.28. The van der Waals surface area contributed by atoms with Gasteiger partial charge in [0.2, 0.25) is 0 Å². The summed E-state index contributed by atoms with van der Waals surface area (Å²) in [7, 11) is -2.09. The SMILES string of the molecule is CC(C)[Si]1(C(C)C)c2ccccc2N(c2ccc(C=C3C(=O)c4cc5ccccc5cc4C3=O)s2)c2ccccc21. The summed E-state index contributed by atoms with van der Waals surface area (Å²) in [5.41, 5.74) is 4.80. The van der Waals surface area contributed by atoms with E-state index in [1.54, 1.807) is 17.4 Å². The standard InChI is InChI=1S/C36H31NO2SSi/c1-22(2)41(23(3)4)32-15-9-7-13-30(32)37(31-14-8-10-16-33(31)41)34-18-17-26(40-34)21-29-35(38)27-19-24-11-5-6-12-25(24)20-28(27)36(29)39/h5-23H,1-4H3. The summed E-state index contributed by atoms with van der Waals surface area (Å²) < 4.78 is 0. The van der Waals surface area contributed by atoms with E-state index in [1.807, 2.05) is 42.5 Å². The maximum absolute atomic E-state index is 13.4. The smallest absolute Gasteiger partial charge is 0.197 e. The Balaban J connectivity index is 1.33. The lowest BCUT2D eigenvalue weighted by Gasteiger charge is -2.48. The molecule has 41 heavy (non-hydrogen) atoms. The molecule has 7 rings (SSSR count). The first kappa shape index (κ1) is 25.9. The molecule has 5 aromatic rings. The van der Waals surface area contributed by atoms with Gasteiger partial charge in [-0.2, -0.15) is 0 Å². The number of fused-ring (bicyclic) bond motifs is 4. The zero-order valence-electron chi connectivity index (χ0n) is 23.6. The van der Waals surface area contributed by atoms with Crippen molar-refractivity contribution in [2.24, 2.45) is 0 Å². The van der Waals surface area contributed by atoms with Crippen LogP contribution in [0.4, 0.5) is 16.4 Å². The van der Waals surface area contributed by atoms with Gasteiger partial charge in [0.15, 0.2) is 11.6 Å². The Morgan fingerprint density at radius 3 is 1.66 bits per heavy atom. The molecule has 4 aromatic carbocycles. The molecule has 0 saturated carbocycles. The quantitative estimate of drug-likeness (QED) is 0.124. The molecule has 1 aliphatic heterocycles. The largest absolute Gasteiger partial charge is 0.302 e. The lowest BCUT2D eigenvalue weighted by molar-refractivity contribution is 0.0990. The van der Waals surface area contributed by atoms with Crippen molar-refractivity contribution >= 4 is 74.6 Å². The number of benzene rings is 4. The second-order valence-corrected chi connectivity index (χ2v) is 17.9. The Bertz CT molecular complexity index is 1800. The number of carbonyl (C=O) groups excluding carboxylic acids is 2. The van der Waals surface area contributed by atoms with E-state index in [0.29, 0.717) is 22.2 Å². The molecule has 2 heterocycles. The van der Waals surface area contributed by atoms with E-state index in [0.717, 1.165) is 20.7 Å². The number of carbonyl (C=O) groups is 2. The average Bonchev–Trinajstić information content (AvgIpc) is 3.52. The van der Waals surface area contributed by atoms with Gasteiger partial charge >= 0.3 is 0 Å². The maximum atomic E-state index is 13.4. The lowest BCUT2D eigenvalue weighted by atomic mass is 10.0. The number of Topliss-reactive ketones (excluding diaryl/α,β-unsaturated/α-hetero) is 2. The van der Waals surface area contributed by atoms with Crippen LogP contribution in [0, 0.1) is 0 Å². The molecule has 0 fully saturated rings. The maximum Gasteiger partial charge on any atom is 0.197 e. The van der Waals surface area contributed by atoms with Crippen LogP contribution in [-0.4, -0.2) is 19.6 Å². The number of para-hydroxylation sites is 2. The second-order valence-electron chi connectivity index (χ2n) is 11.7. The summed E-state index contributed by atoms with van der Waals surface area (Å²) >= 11 is 1.62. The summed E-state index contributed by atoms with van der Waals surface area (Å²) in [6, 6.07) is 33.5. The summed E-state index contributed by atoms with van der Waals surface area (Å²) in [5, 5.41) is 5.96. The molecular formula is C36H31NO2SSi. The van der Waals surface area contributed by atoms with Gasteiger partial charge in [-0.25, -0.2) is 0 Å². The minimum Gasteiger partial charge on any atom is -0.302 e. The number of hydrogen-bond acceptors (Lipinski definition) is 4. The zero-order chi connectivity index (χ0) is 28.5. The third-order valence-electron chi connectivity index (χ3n) is 8.99. The topological polar surface area (TPSA) is 37.4 Å². The molecule has 1 aromatic heterocycles. The highest BCUT2D eigenvalue weighted by atomic mass is 32.1. The van der Waals surface area contributed by atoms with Gasteiger partial charge in [-0.1, -0.05) is 88.4 Å². The first-order valence-corrected chi connectivity index (χ1v) is 17.2. The predicted molar refractivity (Wildman–Crippen MR) is 175 cm³/mol. The Hall–Kier alpha value is -4.06. The number of nitrogens with zero attached hydrogens (tertiary/aromatic N) is 1. The van der Waals surface area contributed by atoms with Gasteiger partial charge in [0.25, 0.3) is 0 Å². The van der Waals surface area contributed by atoms with Crippen LogP contribution >= 0.6 is 11.3 Å². The van der Waals surface area contributed by atoms with Crippen molar-refractivity contribution < 1.29 is 9.59 Å². The van der Waals surface area contributed by atoms with Crippen molar-refractivity contribution in [3.05, 3.63) is 119 Å². The molecule has 0 saturated heterocycles. The number of anilines is 3. The van der Waals surface area contributed by atoms with E-state index >= 15 is 0 Å². The van der Waals surface area contributed by atoms with Crippen LogP contribution in [0.25, 0.3) is 16.8 Å². The molecule has 1 aliphatic carbocycles. The predicted octanol–water partition coefficient (Wildman–Crippen LogP) is 8.53. The highest BCUT2D eigenvalue weighted by Gasteiger charge is 2.50. The van der Waals surface area contributed by atoms with Gasteiger partial charge < -0.3 is 4.90 Å². The molecule has 2 aliphatic rings. The average molecular weight is 570 g/mol. The van der Waals surface area contributed by atoms with Gasteiger partial charge in [0.1, 0.15) is 13.1 Å². The molecule has 5 heteroatoms. The van der Waals surface area contributed by atoms with Gasteiger partial charge in [-0.15, -0.1) is 11.3 Å². The molecule has 0 unspecified atom stereocenters. The highest BCUT2D eigenvalue weighted by molar-refractivity contribution is 7.17. The number of hydrogen-bond donors (Lipinski definition) is 0. The van der Waals surface area contributed by atoms with E-state index in [9.17, 15) is 9.59 Å². The molecule has 3 nitrogen and oxygen atoms in total. The normalized spacial score (nSPS) is 15.5. The van der Waals surface area contributed by atoms with Crippen LogP contribution in [-0.2, 0) is 0 Å². The van der Waals surface area contributed by atoms with Gasteiger partial charge in [-0.05, 0) is 74.7 Å². The van der Waals surface area contributed by atoms with Crippen molar-refractivity contribution in [2.75, 3.05) is 4.90 Å². The monoisotopic (exact) mass is 569 g/mol.